The van der Waals surface area contributed by atoms with Crippen molar-refractivity contribution in [2.24, 2.45) is 0 Å². The predicted molar refractivity (Wildman–Crippen MR) is 137 cm³/mol. The fourth-order valence-corrected chi connectivity index (χ4v) is 5.83. The molecule has 0 unspecified atom stereocenters. The van der Waals surface area contributed by atoms with E-state index < -0.39 is 24.4 Å². The topological polar surface area (TPSA) is 64.6 Å². The van der Waals surface area contributed by atoms with Gasteiger partial charge in [-0.15, -0.1) is 5.73 Å². The minimum Gasteiger partial charge on any atom is -0.496 e. The lowest BCUT2D eigenvalue weighted by atomic mass is 10.1. The van der Waals surface area contributed by atoms with Gasteiger partial charge < -0.3 is 9.16 Å². The van der Waals surface area contributed by atoms with Gasteiger partial charge in [-0.25, -0.2) is 13.1 Å². The maximum Gasteiger partial charge on any atom is 0.241 e. The van der Waals surface area contributed by atoms with Crippen molar-refractivity contribution in [3.05, 3.63) is 40.6 Å². The van der Waals surface area contributed by atoms with Gasteiger partial charge in [0.05, 0.1) is 24.7 Å². The third-order valence-corrected chi connectivity index (χ3v) is 12.6. The molecule has 1 rings (SSSR count). The SMILES string of the molecule is CCCCC=C=C[C@H](CO[Si](C)(C)C(C)(C)C)NS(=O)(=O)c1c(C)cc(OC)c(C)c1C. The molecule has 0 radical (unpaired) electrons. The van der Waals surface area contributed by atoms with Gasteiger partial charge in [-0.3, -0.25) is 0 Å². The van der Waals surface area contributed by atoms with E-state index in [0.717, 1.165) is 24.8 Å². The molecule has 7 heteroatoms. The van der Waals surface area contributed by atoms with Crippen molar-refractivity contribution in [2.75, 3.05) is 13.7 Å². The summed E-state index contributed by atoms with van der Waals surface area (Å²) in [5, 5.41) is 0.0391. The van der Waals surface area contributed by atoms with E-state index in [9.17, 15) is 8.42 Å². The maximum atomic E-state index is 13.4. The summed E-state index contributed by atoms with van der Waals surface area (Å²) < 4.78 is 41.5. The van der Waals surface area contributed by atoms with Gasteiger partial charge in [0, 0.05) is 0 Å². The van der Waals surface area contributed by atoms with Crippen LogP contribution in [0, 0.1) is 20.8 Å². The first-order valence-corrected chi connectivity index (χ1v) is 15.8. The van der Waals surface area contributed by atoms with Crippen molar-refractivity contribution in [3.8, 4) is 5.75 Å². The normalized spacial score (nSPS) is 13.4. The number of hydrogen-bond acceptors (Lipinski definition) is 4. The Morgan fingerprint density at radius 3 is 2.34 bits per heavy atom. The summed E-state index contributed by atoms with van der Waals surface area (Å²) in [6, 6.07) is 1.27. The highest BCUT2D eigenvalue weighted by Gasteiger charge is 2.38. The van der Waals surface area contributed by atoms with Crippen LogP contribution in [0.4, 0.5) is 0 Å². The Balaban J connectivity index is 3.28. The van der Waals surface area contributed by atoms with Crippen LogP contribution in [-0.2, 0) is 14.4 Å². The summed E-state index contributed by atoms with van der Waals surface area (Å²) in [6.45, 7) is 18.8. The Bertz CT molecular complexity index is 940. The fraction of sp³-hybridized carbons (Fsp3) is 0.640. The summed E-state index contributed by atoms with van der Waals surface area (Å²) in [6.07, 6.45) is 6.86. The first kappa shape index (κ1) is 28.7. The minimum atomic E-state index is -3.77. The first-order chi connectivity index (χ1) is 14.7. The summed E-state index contributed by atoms with van der Waals surface area (Å²) in [5.74, 6) is 0.690. The Morgan fingerprint density at radius 1 is 1.19 bits per heavy atom. The van der Waals surface area contributed by atoms with E-state index in [-0.39, 0.29) is 11.6 Å². The standard InChI is InChI=1S/C25H43NO4SSi/c1-11-12-13-14-15-16-22(18-30-32(9,10)25(5,6)7)26-31(27,28)24-19(2)17-23(29-8)20(3)21(24)4/h14,16-17,22,26H,11-13,18H2,1-10H3/t15?,22-/m1/s1. The lowest BCUT2D eigenvalue weighted by molar-refractivity contribution is 0.272. The smallest absolute Gasteiger partial charge is 0.241 e. The molecule has 0 spiro atoms. The van der Waals surface area contributed by atoms with Crippen molar-refractivity contribution < 1.29 is 17.6 Å². The zero-order valence-corrected chi connectivity index (χ0v) is 23.5. The highest BCUT2D eigenvalue weighted by Crippen LogP contribution is 2.36. The molecule has 1 atom stereocenters. The van der Waals surface area contributed by atoms with E-state index in [4.69, 9.17) is 9.16 Å². The van der Waals surface area contributed by atoms with Crippen LogP contribution < -0.4 is 9.46 Å². The van der Waals surface area contributed by atoms with Gasteiger partial charge in [-0.1, -0.05) is 34.1 Å². The van der Waals surface area contributed by atoms with Crippen LogP contribution in [0.25, 0.3) is 0 Å². The molecule has 0 aromatic heterocycles. The van der Waals surface area contributed by atoms with Crippen LogP contribution in [0.5, 0.6) is 5.75 Å². The van der Waals surface area contributed by atoms with E-state index in [1.807, 2.05) is 19.9 Å². The van der Waals surface area contributed by atoms with Crippen LogP contribution in [0.1, 0.15) is 63.6 Å². The van der Waals surface area contributed by atoms with Gasteiger partial charge in [0.2, 0.25) is 10.0 Å². The van der Waals surface area contributed by atoms with E-state index in [1.165, 1.54) is 0 Å². The van der Waals surface area contributed by atoms with Crippen LogP contribution in [0.2, 0.25) is 18.1 Å². The molecule has 5 nitrogen and oxygen atoms in total. The maximum absolute atomic E-state index is 13.4. The molecule has 0 aliphatic carbocycles. The Morgan fingerprint density at radius 2 is 1.81 bits per heavy atom. The van der Waals surface area contributed by atoms with E-state index >= 15 is 0 Å². The number of sulfonamides is 1. The van der Waals surface area contributed by atoms with Crippen LogP contribution in [-0.4, -0.2) is 36.5 Å². The number of nitrogens with one attached hydrogen (secondary N) is 1. The lowest BCUT2D eigenvalue weighted by Gasteiger charge is -2.37. The average Bonchev–Trinajstić information content (AvgIpc) is 2.67. The molecule has 0 saturated carbocycles. The zero-order valence-electron chi connectivity index (χ0n) is 21.7. The zero-order chi connectivity index (χ0) is 24.7. The largest absolute Gasteiger partial charge is 0.496 e. The predicted octanol–water partition coefficient (Wildman–Crippen LogP) is 6.19. The van der Waals surface area contributed by atoms with Gasteiger partial charge in [-0.05, 0) is 86.7 Å². The van der Waals surface area contributed by atoms with Gasteiger partial charge in [-0.2, -0.15) is 0 Å². The second-order valence-corrected chi connectivity index (χ2v) is 16.4. The summed E-state index contributed by atoms with van der Waals surface area (Å²) in [5.41, 5.74) is 5.34. The summed E-state index contributed by atoms with van der Waals surface area (Å²) in [7, 11) is -4.21. The van der Waals surface area contributed by atoms with Crippen molar-refractivity contribution >= 4 is 18.3 Å². The molecule has 0 bridgehead atoms. The highest BCUT2D eigenvalue weighted by atomic mass is 32.2. The van der Waals surface area contributed by atoms with Crippen molar-refractivity contribution in [1.82, 2.24) is 4.72 Å². The number of benzene rings is 1. The second kappa shape index (κ2) is 11.7. The first-order valence-electron chi connectivity index (χ1n) is 11.4. The van der Waals surface area contributed by atoms with Crippen molar-refractivity contribution in [2.45, 2.75) is 96.8 Å². The minimum absolute atomic E-state index is 0.0391. The van der Waals surface area contributed by atoms with E-state index in [0.29, 0.717) is 21.8 Å². The van der Waals surface area contributed by atoms with Gasteiger partial charge in [0.1, 0.15) is 5.75 Å². The Hall–Kier alpha value is -1.37. The molecule has 1 aromatic rings. The number of aryl methyl sites for hydroxylation is 1. The Labute approximate surface area is 197 Å². The number of rotatable bonds is 11. The van der Waals surface area contributed by atoms with E-state index in [2.05, 4.69) is 51.2 Å². The number of methoxy groups -OCH3 is 1. The molecular formula is C25H43NO4SSi. The Kier molecular flexibility index (Phi) is 10.4. The molecule has 182 valence electrons. The van der Waals surface area contributed by atoms with Crippen LogP contribution in [0.15, 0.2) is 28.8 Å². The highest BCUT2D eigenvalue weighted by molar-refractivity contribution is 7.89. The van der Waals surface area contributed by atoms with Gasteiger partial charge in [0.25, 0.3) is 0 Å². The molecule has 0 fully saturated rings. The number of hydrogen-bond donors (Lipinski definition) is 1. The lowest BCUT2D eigenvalue weighted by Crippen LogP contribution is -2.45. The molecular weight excluding hydrogens is 438 g/mol. The quantitative estimate of drug-likeness (QED) is 0.232. The van der Waals surface area contributed by atoms with Crippen LogP contribution in [0.3, 0.4) is 0 Å². The van der Waals surface area contributed by atoms with E-state index in [1.54, 1.807) is 26.2 Å². The molecule has 32 heavy (non-hydrogen) atoms. The molecule has 0 aliphatic heterocycles. The molecule has 0 amide bonds. The molecule has 1 aromatic carbocycles. The molecule has 0 heterocycles. The van der Waals surface area contributed by atoms with Crippen molar-refractivity contribution in [3.63, 3.8) is 0 Å². The molecule has 0 saturated heterocycles. The van der Waals surface area contributed by atoms with Gasteiger partial charge >= 0.3 is 0 Å². The van der Waals surface area contributed by atoms with Crippen molar-refractivity contribution in [1.29, 1.82) is 0 Å². The molecule has 0 aliphatic rings. The van der Waals surface area contributed by atoms with Crippen LogP contribution >= 0.6 is 0 Å². The number of unbranched alkanes of at least 4 members (excludes halogenated alkanes) is 2. The summed E-state index contributed by atoms with van der Waals surface area (Å²) >= 11 is 0. The van der Waals surface area contributed by atoms with Gasteiger partial charge in [0.15, 0.2) is 8.32 Å². The average molecular weight is 482 g/mol. The third-order valence-electron chi connectivity index (χ3n) is 6.32. The summed E-state index contributed by atoms with van der Waals surface area (Å²) in [4.78, 5) is 0.302. The third kappa shape index (κ3) is 7.60. The second-order valence-electron chi connectivity index (χ2n) is 9.95. The fourth-order valence-electron chi connectivity index (χ4n) is 3.11. The monoisotopic (exact) mass is 481 g/mol. The molecule has 1 N–H and O–H groups in total. The number of ether oxygens (including phenoxy) is 1.